The van der Waals surface area contributed by atoms with Crippen molar-refractivity contribution in [3.63, 3.8) is 0 Å². The van der Waals surface area contributed by atoms with Crippen LogP contribution in [0.2, 0.25) is 10.0 Å². The van der Waals surface area contributed by atoms with Crippen molar-refractivity contribution < 1.29 is 0 Å². The van der Waals surface area contributed by atoms with E-state index in [-0.39, 0.29) is 6.04 Å². The zero-order valence-electron chi connectivity index (χ0n) is 11.9. The van der Waals surface area contributed by atoms with Crippen molar-refractivity contribution in [2.24, 2.45) is 0 Å². The molecule has 0 aliphatic heterocycles. The second-order valence-electron chi connectivity index (χ2n) is 4.76. The Kier molecular flexibility index (Phi) is 5.03. The molecule has 1 unspecified atom stereocenters. The number of aryl methyl sites for hydroxylation is 2. The van der Waals surface area contributed by atoms with Gasteiger partial charge in [-0.05, 0) is 43.7 Å². The molecule has 0 saturated carbocycles. The van der Waals surface area contributed by atoms with Crippen LogP contribution in [-0.2, 0) is 0 Å². The summed E-state index contributed by atoms with van der Waals surface area (Å²) < 4.78 is 0. The lowest BCUT2D eigenvalue weighted by Crippen LogP contribution is -2.23. The molecule has 1 aromatic carbocycles. The van der Waals surface area contributed by atoms with Crippen molar-refractivity contribution in [2.75, 3.05) is 6.54 Å². The third-order valence-electron chi connectivity index (χ3n) is 3.28. The Morgan fingerprint density at radius 2 is 1.85 bits per heavy atom. The topological polar surface area (TPSA) is 24.9 Å². The van der Waals surface area contributed by atoms with E-state index in [1.807, 2.05) is 32.0 Å². The lowest BCUT2D eigenvalue weighted by atomic mass is 9.97. The lowest BCUT2D eigenvalue weighted by molar-refractivity contribution is 0.624. The van der Waals surface area contributed by atoms with Gasteiger partial charge in [-0.3, -0.25) is 4.98 Å². The summed E-state index contributed by atoms with van der Waals surface area (Å²) >= 11 is 12.5. The van der Waals surface area contributed by atoms with Crippen LogP contribution in [-0.4, -0.2) is 11.5 Å². The van der Waals surface area contributed by atoms with Gasteiger partial charge < -0.3 is 5.32 Å². The van der Waals surface area contributed by atoms with Crippen LogP contribution in [0.1, 0.15) is 35.5 Å². The molecule has 0 bridgehead atoms. The molecule has 0 fully saturated rings. The van der Waals surface area contributed by atoms with Gasteiger partial charge in [-0.15, -0.1) is 0 Å². The van der Waals surface area contributed by atoms with Crippen LogP contribution in [0.25, 0.3) is 0 Å². The van der Waals surface area contributed by atoms with Gasteiger partial charge in [-0.2, -0.15) is 0 Å². The summed E-state index contributed by atoms with van der Waals surface area (Å²) in [6.07, 6.45) is 0. The summed E-state index contributed by atoms with van der Waals surface area (Å²) in [5, 5.41) is 4.63. The quantitative estimate of drug-likeness (QED) is 0.885. The second kappa shape index (κ2) is 6.57. The Bertz CT molecular complexity index is 611. The van der Waals surface area contributed by atoms with E-state index in [0.717, 1.165) is 29.1 Å². The average Bonchev–Trinajstić information content (AvgIpc) is 2.40. The SMILES string of the molecule is CCNC(c1ccc(C)nc1C)c1cccc(Cl)c1Cl. The number of rotatable bonds is 4. The molecule has 0 radical (unpaired) electrons. The van der Waals surface area contributed by atoms with Crippen molar-refractivity contribution in [1.82, 2.24) is 10.3 Å². The number of hydrogen-bond donors (Lipinski definition) is 1. The highest BCUT2D eigenvalue weighted by atomic mass is 35.5. The van der Waals surface area contributed by atoms with E-state index in [1.165, 1.54) is 0 Å². The van der Waals surface area contributed by atoms with Crippen molar-refractivity contribution in [1.29, 1.82) is 0 Å². The van der Waals surface area contributed by atoms with Crippen LogP contribution >= 0.6 is 23.2 Å². The maximum atomic E-state index is 6.36. The predicted molar refractivity (Wildman–Crippen MR) is 85.7 cm³/mol. The van der Waals surface area contributed by atoms with Crippen LogP contribution in [0.5, 0.6) is 0 Å². The van der Waals surface area contributed by atoms with Crippen LogP contribution in [0, 0.1) is 13.8 Å². The van der Waals surface area contributed by atoms with E-state index in [1.54, 1.807) is 6.07 Å². The van der Waals surface area contributed by atoms with Crippen molar-refractivity contribution in [3.05, 3.63) is 62.9 Å². The van der Waals surface area contributed by atoms with Gasteiger partial charge in [-0.1, -0.05) is 48.3 Å². The summed E-state index contributed by atoms with van der Waals surface area (Å²) in [4.78, 5) is 4.54. The molecule has 106 valence electrons. The number of nitrogens with one attached hydrogen (secondary N) is 1. The summed E-state index contributed by atoms with van der Waals surface area (Å²) in [5.41, 5.74) is 4.13. The molecule has 2 aromatic rings. The molecule has 0 saturated heterocycles. The highest BCUT2D eigenvalue weighted by Gasteiger charge is 2.19. The largest absolute Gasteiger partial charge is 0.306 e. The van der Waals surface area contributed by atoms with E-state index < -0.39 is 0 Å². The molecular weight excluding hydrogens is 291 g/mol. The minimum absolute atomic E-state index is 0.000648. The standard InChI is InChI=1S/C16H18Cl2N2/c1-4-19-16(12-9-8-10(2)20-11(12)3)13-6-5-7-14(17)15(13)18/h5-9,16,19H,4H2,1-3H3. The third kappa shape index (κ3) is 3.14. The highest BCUT2D eigenvalue weighted by molar-refractivity contribution is 6.42. The summed E-state index contributed by atoms with van der Waals surface area (Å²) in [6.45, 7) is 6.92. The molecule has 1 N–H and O–H groups in total. The van der Waals surface area contributed by atoms with Gasteiger partial charge in [0.2, 0.25) is 0 Å². The number of halogens is 2. The van der Waals surface area contributed by atoms with Crippen molar-refractivity contribution >= 4 is 23.2 Å². The van der Waals surface area contributed by atoms with E-state index in [9.17, 15) is 0 Å². The fourth-order valence-corrected chi connectivity index (χ4v) is 2.75. The van der Waals surface area contributed by atoms with E-state index >= 15 is 0 Å². The number of pyridine rings is 1. The monoisotopic (exact) mass is 308 g/mol. The lowest BCUT2D eigenvalue weighted by Gasteiger charge is -2.22. The molecule has 1 heterocycles. The Hall–Kier alpha value is -1.09. The summed E-state index contributed by atoms with van der Waals surface area (Å²) in [5.74, 6) is 0. The predicted octanol–water partition coefficient (Wildman–Crippen LogP) is 4.70. The van der Waals surface area contributed by atoms with Crippen molar-refractivity contribution in [3.8, 4) is 0 Å². The zero-order chi connectivity index (χ0) is 14.7. The maximum absolute atomic E-state index is 6.36. The van der Waals surface area contributed by atoms with Crippen LogP contribution in [0.3, 0.4) is 0 Å². The molecule has 0 amide bonds. The van der Waals surface area contributed by atoms with Crippen molar-refractivity contribution in [2.45, 2.75) is 26.8 Å². The van der Waals surface area contributed by atoms with Gasteiger partial charge in [0.25, 0.3) is 0 Å². The molecule has 2 rings (SSSR count). The first kappa shape index (κ1) is 15.3. The third-order valence-corrected chi connectivity index (χ3v) is 4.11. The van der Waals surface area contributed by atoms with Gasteiger partial charge in [0.05, 0.1) is 16.1 Å². The van der Waals surface area contributed by atoms with Gasteiger partial charge in [0.1, 0.15) is 0 Å². The van der Waals surface area contributed by atoms with Crippen LogP contribution in [0.4, 0.5) is 0 Å². The first-order valence-corrected chi connectivity index (χ1v) is 7.41. The molecule has 0 aliphatic rings. The fraction of sp³-hybridized carbons (Fsp3) is 0.312. The maximum Gasteiger partial charge on any atom is 0.0643 e. The second-order valence-corrected chi connectivity index (χ2v) is 5.55. The molecule has 1 aromatic heterocycles. The first-order valence-electron chi connectivity index (χ1n) is 6.66. The Morgan fingerprint density at radius 3 is 2.50 bits per heavy atom. The van der Waals surface area contributed by atoms with Gasteiger partial charge in [0.15, 0.2) is 0 Å². The average molecular weight is 309 g/mol. The van der Waals surface area contributed by atoms with Crippen LogP contribution in [0.15, 0.2) is 30.3 Å². The molecule has 0 aliphatic carbocycles. The normalized spacial score (nSPS) is 12.4. The van der Waals surface area contributed by atoms with Gasteiger partial charge in [-0.25, -0.2) is 0 Å². The van der Waals surface area contributed by atoms with Crippen LogP contribution < -0.4 is 5.32 Å². The van der Waals surface area contributed by atoms with Gasteiger partial charge in [0, 0.05) is 11.4 Å². The number of aromatic nitrogens is 1. The van der Waals surface area contributed by atoms with E-state index in [4.69, 9.17) is 23.2 Å². The van der Waals surface area contributed by atoms with E-state index in [0.29, 0.717) is 10.0 Å². The zero-order valence-corrected chi connectivity index (χ0v) is 13.4. The van der Waals surface area contributed by atoms with Gasteiger partial charge >= 0.3 is 0 Å². The highest BCUT2D eigenvalue weighted by Crippen LogP contribution is 2.33. The molecule has 1 atom stereocenters. The summed E-state index contributed by atoms with van der Waals surface area (Å²) in [6, 6.07) is 9.84. The number of hydrogen-bond acceptors (Lipinski definition) is 2. The fourth-order valence-electron chi connectivity index (χ4n) is 2.34. The number of benzene rings is 1. The molecular formula is C16H18Cl2N2. The molecule has 2 nitrogen and oxygen atoms in total. The Labute approximate surface area is 130 Å². The minimum atomic E-state index is -0.000648. The Morgan fingerprint density at radius 1 is 1.10 bits per heavy atom. The first-order chi connectivity index (χ1) is 9.54. The smallest absolute Gasteiger partial charge is 0.0643 e. The minimum Gasteiger partial charge on any atom is -0.306 e. The van der Waals surface area contributed by atoms with E-state index in [2.05, 4.69) is 23.3 Å². The molecule has 0 spiro atoms. The molecule has 20 heavy (non-hydrogen) atoms. The molecule has 4 heteroatoms. The number of nitrogens with zero attached hydrogens (tertiary/aromatic N) is 1. The Balaban J connectivity index is 2.53. The summed E-state index contributed by atoms with van der Waals surface area (Å²) in [7, 11) is 0.